The van der Waals surface area contributed by atoms with Gasteiger partial charge in [-0.3, -0.25) is 9.59 Å². The van der Waals surface area contributed by atoms with E-state index < -0.39 is 5.97 Å². The second kappa shape index (κ2) is 9.22. The van der Waals surface area contributed by atoms with E-state index >= 15 is 0 Å². The Labute approximate surface area is 173 Å². The van der Waals surface area contributed by atoms with Gasteiger partial charge in [-0.15, -0.1) is 11.3 Å². The predicted octanol–water partition coefficient (Wildman–Crippen LogP) is 3.88. The van der Waals surface area contributed by atoms with Gasteiger partial charge in [0.05, 0.1) is 5.75 Å². The fourth-order valence-electron chi connectivity index (χ4n) is 3.61. The molecule has 1 aliphatic rings. The molecule has 1 amide bonds. The third-order valence-corrected chi connectivity index (χ3v) is 7.75. The minimum Gasteiger partial charge on any atom is -0.455 e. The van der Waals surface area contributed by atoms with Crippen LogP contribution >= 0.6 is 23.1 Å². The lowest BCUT2D eigenvalue weighted by Gasteiger charge is -2.34. The van der Waals surface area contributed by atoms with E-state index in [-0.39, 0.29) is 24.3 Å². The number of rotatable bonds is 6. The number of carbonyl (C=O) groups is 2. The molecule has 0 bridgehead atoms. The van der Waals surface area contributed by atoms with Crippen molar-refractivity contribution in [2.45, 2.75) is 58.0 Å². The van der Waals surface area contributed by atoms with Gasteiger partial charge in [0.1, 0.15) is 16.2 Å². The smallest absolute Gasteiger partial charge is 0.316 e. The minimum atomic E-state index is -0.415. The average Bonchev–Trinajstić information content (AvgIpc) is 2.96. The second-order valence-electron chi connectivity index (χ2n) is 7.53. The first kappa shape index (κ1) is 21.0. The van der Waals surface area contributed by atoms with Crippen LogP contribution in [0.1, 0.15) is 43.6 Å². The Balaban J connectivity index is 1.48. The normalized spacial score (nSPS) is 22.2. The molecule has 1 N–H and O–H groups in total. The third-order valence-electron chi connectivity index (χ3n) is 5.67. The van der Waals surface area contributed by atoms with Crippen LogP contribution in [-0.2, 0) is 14.3 Å². The predicted molar refractivity (Wildman–Crippen MR) is 113 cm³/mol. The van der Waals surface area contributed by atoms with Gasteiger partial charge in [0.25, 0.3) is 5.91 Å². The van der Waals surface area contributed by atoms with Crippen LogP contribution in [-0.4, -0.2) is 40.2 Å². The molecule has 2 aromatic rings. The van der Waals surface area contributed by atoms with Gasteiger partial charge in [-0.1, -0.05) is 38.5 Å². The highest BCUT2D eigenvalue weighted by Crippen LogP contribution is 2.34. The molecule has 8 heteroatoms. The lowest BCUT2D eigenvalue weighted by atomic mass is 9.78. The molecule has 0 spiro atoms. The molecule has 1 saturated carbocycles. The summed E-state index contributed by atoms with van der Waals surface area (Å²) in [7, 11) is 0. The molecule has 1 fully saturated rings. The molecule has 2 heterocycles. The number of hydrogen-bond donors (Lipinski definition) is 1. The third kappa shape index (κ3) is 4.84. The number of amides is 1. The Morgan fingerprint density at radius 3 is 2.86 bits per heavy atom. The van der Waals surface area contributed by atoms with E-state index in [1.54, 1.807) is 11.3 Å². The SMILES string of the molecule is Cc1sc2ncnc(SCC(=O)OCC(=O)N[C@H]3CCC[C@@H](C)[C@@H]3C)c2c1C. The lowest BCUT2D eigenvalue weighted by Crippen LogP contribution is -2.45. The minimum absolute atomic E-state index is 0.116. The van der Waals surface area contributed by atoms with E-state index in [0.717, 1.165) is 33.6 Å². The van der Waals surface area contributed by atoms with Crippen LogP contribution < -0.4 is 5.32 Å². The molecule has 6 nitrogen and oxygen atoms in total. The van der Waals surface area contributed by atoms with E-state index in [4.69, 9.17) is 4.74 Å². The first-order valence-corrected chi connectivity index (χ1v) is 11.5. The van der Waals surface area contributed by atoms with E-state index in [1.807, 2.05) is 6.92 Å². The van der Waals surface area contributed by atoms with Gasteiger partial charge in [0.15, 0.2) is 6.61 Å². The lowest BCUT2D eigenvalue weighted by molar-refractivity contribution is -0.146. The zero-order valence-electron chi connectivity index (χ0n) is 16.8. The van der Waals surface area contributed by atoms with Crippen molar-refractivity contribution in [1.29, 1.82) is 0 Å². The van der Waals surface area contributed by atoms with Crippen molar-refractivity contribution in [3.63, 3.8) is 0 Å². The topological polar surface area (TPSA) is 81.2 Å². The molecular weight excluding hydrogens is 394 g/mol. The van der Waals surface area contributed by atoms with Crippen molar-refractivity contribution < 1.29 is 14.3 Å². The molecule has 28 heavy (non-hydrogen) atoms. The van der Waals surface area contributed by atoms with E-state index in [1.165, 1.54) is 29.4 Å². The Kier molecular flexibility index (Phi) is 6.93. The maximum atomic E-state index is 12.2. The van der Waals surface area contributed by atoms with Crippen molar-refractivity contribution in [1.82, 2.24) is 15.3 Å². The van der Waals surface area contributed by atoms with Crippen molar-refractivity contribution in [3.8, 4) is 0 Å². The fourth-order valence-corrected chi connectivity index (χ4v) is 5.52. The second-order valence-corrected chi connectivity index (χ2v) is 9.70. The van der Waals surface area contributed by atoms with Crippen LogP contribution in [0.2, 0.25) is 0 Å². The van der Waals surface area contributed by atoms with Gasteiger partial charge in [-0.05, 0) is 37.7 Å². The van der Waals surface area contributed by atoms with Crippen molar-refractivity contribution >= 4 is 45.2 Å². The quantitative estimate of drug-likeness (QED) is 0.433. The summed E-state index contributed by atoms with van der Waals surface area (Å²) in [6.45, 7) is 8.26. The van der Waals surface area contributed by atoms with E-state index in [2.05, 4.69) is 36.1 Å². The highest BCUT2D eigenvalue weighted by Gasteiger charge is 2.28. The maximum Gasteiger partial charge on any atom is 0.316 e. The van der Waals surface area contributed by atoms with E-state index in [0.29, 0.717) is 11.8 Å². The Bertz CT molecular complexity index is 868. The monoisotopic (exact) mass is 421 g/mol. The molecule has 152 valence electrons. The van der Waals surface area contributed by atoms with Crippen LogP contribution in [0.3, 0.4) is 0 Å². The highest BCUT2D eigenvalue weighted by atomic mass is 32.2. The zero-order chi connectivity index (χ0) is 20.3. The highest BCUT2D eigenvalue weighted by molar-refractivity contribution is 8.00. The fraction of sp³-hybridized carbons (Fsp3) is 0.600. The first-order valence-electron chi connectivity index (χ1n) is 9.65. The summed E-state index contributed by atoms with van der Waals surface area (Å²) in [6, 6.07) is 0.170. The average molecular weight is 422 g/mol. The van der Waals surface area contributed by atoms with Crippen molar-refractivity contribution in [3.05, 3.63) is 16.8 Å². The molecule has 0 radical (unpaired) electrons. The molecule has 3 atom stereocenters. The van der Waals surface area contributed by atoms with Gasteiger partial charge in [0, 0.05) is 16.3 Å². The van der Waals surface area contributed by atoms with Gasteiger partial charge in [-0.25, -0.2) is 9.97 Å². The standard InChI is InChI=1S/C20H27N3O3S2/c1-11-6-5-7-15(12(11)2)23-16(24)8-26-17(25)9-27-19-18-13(3)14(4)28-20(18)22-10-21-19/h10-12,15H,5-9H2,1-4H3,(H,23,24)/t11-,12+,15+/m1/s1. The van der Waals surface area contributed by atoms with Gasteiger partial charge in [0.2, 0.25) is 0 Å². The summed E-state index contributed by atoms with van der Waals surface area (Å²) in [6.07, 6.45) is 4.84. The van der Waals surface area contributed by atoms with Crippen LogP contribution in [0.4, 0.5) is 0 Å². The molecule has 3 rings (SSSR count). The van der Waals surface area contributed by atoms with Gasteiger partial charge >= 0.3 is 5.97 Å². The number of aromatic nitrogens is 2. The van der Waals surface area contributed by atoms with Crippen LogP contribution in [0.25, 0.3) is 10.2 Å². The molecule has 1 aliphatic carbocycles. The summed E-state index contributed by atoms with van der Waals surface area (Å²) in [4.78, 5) is 35.0. The van der Waals surface area contributed by atoms with Crippen LogP contribution in [0, 0.1) is 25.7 Å². The summed E-state index contributed by atoms with van der Waals surface area (Å²) in [5, 5.41) is 4.80. The van der Waals surface area contributed by atoms with Gasteiger partial charge < -0.3 is 10.1 Å². The van der Waals surface area contributed by atoms with Gasteiger partial charge in [-0.2, -0.15) is 0 Å². The molecule has 2 aromatic heterocycles. The summed E-state index contributed by atoms with van der Waals surface area (Å²) in [5.74, 6) is 0.526. The Morgan fingerprint density at radius 1 is 1.29 bits per heavy atom. The number of ether oxygens (including phenoxy) is 1. The van der Waals surface area contributed by atoms with E-state index in [9.17, 15) is 9.59 Å². The number of fused-ring (bicyclic) bond motifs is 1. The summed E-state index contributed by atoms with van der Waals surface area (Å²) < 4.78 is 5.16. The summed E-state index contributed by atoms with van der Waals surface area (Å²) >= 11 is 2.95. The summed E-state index contributed by atoms with van der Waals surface area (Å²) in [5.41, 5.74) is 1.15. The largest absolute Gasteiger partial charge is 0.455 e. The zero-order valence-corrected chi connectivity index (χ0v) is 18.4. The number of nitrogens with zero attached hydrogens (tertiary/aromatic N) is 2. The van der Waals surface area contributed by atoms with Crippen molar-refractivity contribution in [2.24, 2.45) is 11.8 Å². The molecule has 0 saturated heterocycles. The first-order chi connectivity index (χ1) is 13.4. The van der Waals surface area contributed by atoms with Crippen LogP contribution in [0.5, 0.6) is 0 Å². The number of nitrogens with one attached hydrogen (secondary N) is 1. The number of carbonyl (C=O) groups excluding carboxylic acids is 2. The van der Waals surface area contributed by atoms with Crippen LogP contribution in [0.15, 0.2) is 11.4 Å². The Morgan fingerprint density at radius 2 is 2.07 bits per heavy atom. The molecule has 0 unspecified atom stereocenters. The Hall–Kier alpha value is -1.67. The number of thiophene rings is 1. The molecule has 0 aliphatic heterocycles. The number of aryl methyl sites for hydroxylation is 2. The maximum absolute atomic E-state index is 12.2. The number of esters is 1. The number of thioether (sulfide) groups is 1. The molecular formula is C20H27N3O3S2. The number of hydrogen-bond acceptors (Lipinski definition) is 7. The van der Waals surface area contributed by atoms with Crippen molar-refractivity contribution in [2.75, 3.05) is 12.4 Å². The molecule has 0 aromatic carbocycles.